The topological polar surface area (TPSA) is 46.2 Å². The molecule has 0 unspecified atom stereocenters. The Labute approximate surface area is 74.2 Å². The highest BCUT2D eigenvalue weighted by molar-refractivity contribution is 7.92. The molecule has 0 atom stereocenters. The molecule has 0 aromatic heterocycles. The van der Waals surface area contributed by atoms with Gasteiger partial charge in [0.1, 0.15) is 0 Å². The Kier molecular flexibility index (Phi) is 2.86. The average Bonchev–Trinajstić information content (AvgIpc) is 2.04. The number of hydrogen-bond acceptors (Lipinski definition) is 3. The second-order valence-corrected chi connectivity index (χ2v) is 5.16. The fourth-order valence-electron chi connectivity index (χ4n) is 1.29. The molecule has 0 aliphatic carbocycles. The zero-order valence-corrected chi connectivity index (χ0v) is 7.58. The first-order valence-corrected chi connectivity index (χ1v) is 5.41. The second kappa shape index (κ2) is 3.45. The lowest BCUT2D eigenvalue weighted by Gasteiger charge is -2.23. The normalized spacial score (nSPS) is 21.8. The molecule has 0 aromatic carbocycles. The van der Waals surface area contributed by atoms with Gasteiger partial charge in [-0.15, -0.1) is 0 Å². The van der Waals surface area contributed by atoms with E-state index in [0.29, 0.717) is 13.1 Å². The zero-order valence-electron chi connectivity index (χ0n) is 6.76. The van der Waals surface area contributed by atoms with E-state index in [1.165, 1.54) is 0 Å². The van der Waals surface area contributed by atoms with Crippen molar-refractivity contribution in [3.05, 3.63) is 0 Å². The van der Waals surface area contributed by atoms with Crippen molar-refractivity contribution in [1.29, 1.82) is 0 Å². The summed E-state index contributed by atoms with van der Waals surface area (Å²) in [4.78, 5) is 0. The van der Waals surface area contributed by atoms with Crippen LogP contribution in [0.3, 0.4) is 0 Å². The van der Waals surface area contributed by atoms with E-state index in [4.69, 9.17) is 0 Å². The summed E-state index contributed by atoms with van der Waals surface area (Å²) in [6, 6.07) is 0. The van der Waals surface area contributed by atoms with Crippen LogP contribution in [-0.2, 0) is 9.84 Å². The van der Waals surface area contributed by atoms with Gasteiger partial charge in [-0.3, -0.25) is 0 Å². The van der Waals surface area contributed by atoms with Crippen LogP contribution in [0.5, 0.6) is 0 Å². The summed E-state index contributed by atoms with van der Waals surface area (Å²) in [5, 5.41) is 1.55. The Morgan fingerprint density at radius 1 is 1.15 bits per heavy atom. The van der Waals surface area contributed by atoms with Crippen LogP contribution in [0.25, 0.3) is 0 Å². The number of halogens is 3. The molecule has 0 bridgehead atoms. The molecule has 0 saturated carbocycles. The van der Waals surface area contributed by atoms with Gasteiger partial charge in [0.25, 0.3) is 9.84 Å². The number of rotatable bonds is 1. The van der Waals surface area contributed by atoms with Crippen molar-refractivity contribution >= 4 is 9.84 Å². The molecule has 1 heterocycles. The molecule has 1 rings (SSSR count). The van der Waals surface area contributed by atoms with E-state index >= 15 is 0 Å². The summed E-state index contributed by atoms with van der Waals surface area (Å²) < 4.78 is 57.7. The minimum Gasteiger partial charge on any atom is -0.317 e. The van der Waals surface area contributed by atoms with Crippen molar-refractivity contribution in [3.8, 4) is 0 Å². The molecule has 1 aliphatic heterocycles. The highest BCUT2D eigenvalue weighted by atomic mass is 32.2. The molecule has 0 amide bonds. The third-order valence-corrected chi connectivity index (χ3v) is 4.04. The lowest BCUT2D eigenvalue weighted by Crippen LogP contribution is -2.41. The van der Waals surface area contributed by atoms with E-state index in [1.807, 2.05) is 0 Å². The minimum absolute atomic E-state index is 0.0435. The van der Waals surface area contributed by atoms with Crippen LogP contribution in [0.15, 0.2) is 0 Å². The Balaban J connectivity index is 2.80. The Bertz CT molecular complexity index is 266. The molecule has 0 radical (unpaired) electrons. The average molecular weight is 217 g/mol. The predicted octanol–water partition coefficient (Wildman–Crippen LogP) is 0.673. The van der Waals surface area contributed by atoms with Gasteiger partial charge in [0, 0.05) is 0 Å². The summed E-state index contributed by atoms with van der Waals surface area (Å²) in [5.74, 6) is 0. The van der Waals surface area contributed by atoms with E-state index in [-0.39, 0.29) is 12.8 Å². The highest BCUT2D eigenvalue weighted by Gasteiger charge is 2.50. The third kappa shape index (κ3) is 2.14. The summed E-state index contributed by atoms with van der Waals surface area (Å²) >= 11 is 0. The molecule has 1 aliphatic rings. The number of alkyl halides is 3. The van der Waals surface area contributed by atoms with E-state index in [2.05, 4.69) is 5.32 Å². The van der Waals surface area contributed by atoms with E-state index in [1.54, 1.807) is 0 Å². The van der Waals surface area contributed by atoms with Crippen molar-refractivity contribution in [2.45, 2.75) is 23.6 Å². The first-order chi connectivity index (χ1) is 5.86. The van der Waals surface area contributed by atoms with Crippen molar-refractivity contribution < 1.29 is 21.6 Å². The van der Waals surface area contributed by atoms with E-state index < -0.39 is 20.6 Å². The molecular weight excluding hydrogens is 207 g/mol. The summed E-state index contributed by atoms with van der Waals surface area (Å²) in [7, 11) is -4.94. The van der Waals surface area contributed by atoms with Gasteiger partial charge >= 0.3 is 5.51 Å². The van der Waals surface area contributed by atoms with Crippen LogP contribution >= 0.6 is 0 Å². The molecule has 1 fully saturated rings. The van der Waals surface area contributed by atoms with Gasteiger partial charge in [-0.2, -0.15) is 13.2 Å². The number of sulfone groups is 1. The predicted molar refractivity (Wildman–Crippen MR) is 40.9 cm³/mol. The lowest BCUT2D eigenvalue weighted by molar-refractivity contribution is -0.0447. The number of nitrogens with one attached hydrogen (secondary N) is 1. The summed E-state index contributed by atoms with van der Waals surface area (Å²) in [6.45, 7) is 0.667. The maximum absolute atomic E-state index is 12.0. The van der Waals surface area contributed by atoms with Crippen LogP contribution in [0, 0.1) is 0 Å². The first-order valence-electron chi connectivity index (χ1n) is 3.86. The van der Waals surface area contributed by atoms with Gasteiger partial charge in [-0.25, -0.2) is 8.42 Å². The lowest BCUT2D eigenvalue weighted by atomic mass is 10.2. The quantitative estimate of drug-likeness (QED) is 0.702. The maximum Gasteiger partial charge on any atom is 0.497 e. The van der Waals surface area contributed by atoms with Gasteiger partial charge in [0.2, 0.25) is 0 Å². The Morgan fingerprint density at radius 2 is 1.62 bits per heavy atom. The molecule has 78 valence electrons. The monoisotopic (exact) mass is 217 g/mol. The van der Waals surface area contributed by atoms with E-state index in [0.717, 1.165) is 0 Å². The fraction of sp³-hybridized carbons (Fsp3) is 1.00. The van der Waals surface area contributed by atoms with Gasteiger partial charge in [-0.1, -0.05) is 0 Å². The largest absolute Gasteiger partial charge is 0.497 e. The second-order valence-electron chi connectivity index (χ2n) is 2.94. The molecule has 0 spiro atoms. The molecule has 13 heavy (non-hydrogen) atoms. The Morgan fingerprint density at radius 3 is 2.00 bits per heavy atom. The minimum atomic E-state index is -5.10. The summed E-state index contributed by atoms with van der Waals surface area (Å²) in [5.41, 5.74) is -5.10. The van der Waals surface area contributed by atoms with Crippen molar-refractivity contribution in [2.75, 3.05) is 13.1 Å². The van der Waals surface area contributed by atoms with Crippen LogP contribution in [0.4, 0.5) is 13.2 Å². The molecular formula is C6H10F3NO2S. The molecule has 0 aromatic rings. The van der Waals surface area contributed by atoms with Gasteiger partial charge < -0.3 is 5.32 Å². The van der Waals surface area contributed by atoms with Crippen molar-refractivity contribution in [3.63, 3.8) is 0 Å². The molecule has 1 N–H and O–H groups in total. The van der Waals surface area contributed by atoms with Gasteiger partial charge in [0.05, 0.1) is 5.25 Å². The molecule has 1 saturated heterocycles. The van der Waals surface area contributed by atoms with Gasteiger partial charge in [0.15, 0.2) is 0 Å². The standard InChI is InChI=1S/C6H10F3NO2S/c7-6(8,9)13(11,12)5-1-3-10-4-2-5/h5,10H,1-4H2. The molecule has 7 heteroatoms. The van der Waals surface area contributed by atoms with Crippen molar-refractivity contribution in [2.24, 2.45) is 0 Å². The summed E-state index contributed by atoms with van der Waals surface area (Å²) in [6.07, 6.45) is 0.0870. The fourth-order valence-corrected chi connectivity index (χ4v) is 2.53. The van der Waals surface area contributed by atoms with Gasteiger partial charge in [-0.05, 0) is 25.9 Å². The van der Waals surface area contributed by atoms with Crippen LogP contribution in [0.1, 0.15) is 12.8 Å². The Hall–Kier alpha value is -0.300. The number of piperidine rings is 1. The highest BCUT2D eigenvalue weighted by Crippen LogP contribution is 2.30. The SMILES string of the molecule is O=S(=O)(C1CCNCC1)C(F)(F)F. The molecule has 3 nitrogen and oxygen atoms in total. The van der Waals surface area contributed by atoms with Crippen molar-refractivity contribution in [1.82, 2.24) is 5.32 Å². The van der Waals surface area contributed by atoms with E-state index in [9.17, 15) is 21.6 Å². The zero-order chi connectivity index (χ0) is 10.1. The number of hydrogen-bond donors (Lipinski definition) is 1. The third-order valence-electron chi connectivity index (χ3n) is 2.05. The van der Waals surface area contributed by atoms with Crippen LogP contribution in [0.2, 0.25) is 0 Å². The van der Waals surface area contributed by atoms with Crippen LogP contribution in [-0.4, -0.2) is 32.3 Å². The van der Waals surface area contributed by atoms with Crippen LogP contribution < -0.4 is 5.32 Å². The smallest absolute Gasteiger partial charge is 0.317 e. The first kappa shape index (κ1) is 10.8. The maximum atomic E-state index is 12.0.